The van der Waals surface area contributed by atoms with Crippen LogP contribution in [0.15, 0.2) is 36.4 Å². The number of likely N-dealkylation sites (tertiary alicyclic amines) is 2. The van der Waals surface area contributed by atoms with E-state index in [4.69, 9.17) is 11.6 Å². The van der Waals surface area contributed by atoms with Crippen molar-refractivity contribution in [2.45, 2.75) is 62.8 Å². The molecule has 0 bridgehead atoms. The number of hydrogen-bond acceptors (Lipinski definition) is 6. The highest BCUT2D eigenvalue weighted by molar-refractivity contribution is 6.32. The third kappa shape index (κ3) is 8.24. The van der Waals surface area contributed by atoms with Crippen LogP contribution in [0.4, 0.5) is 28.4 Å². The lowest BCUT2D eigenvalue weighted by atomic mass is 10.00. The van der Waals surface area contributed by atoms with E-state index in [0.717, 1.165) is 43.2 Å². The number of halogens is 4. The van der Waals surface area contributed by atoms with Crippen molar-refractivity contribution in [2.24, 2.45) is 0 Å². The summed E-state index contributed by atoms with van der Waals surface area (Å²) in [6.45, 7) is 5.49. The summed E-state index contributed by atoms with van der Waals surface area (Å²) in [5, 5.41) is 15.4. The summed E-state index contributed by atoms with van der Waals surface area (Å²) in [6.07, 6.45) is -1.21. The smallest absolute Gasteiger partial charge is 0.420 e. The molecular formula is C35H45ClF3N7O4. The Balaban J connectivity index is 1.12. The van der Waals surface area contributed by atoms with Crippen LogP contribution in [0.1, 0.15) is 42.4 Å². The zero-order chi connectivity index (χ0) is 35.6. The van der Waals surface area contributed by atoms with E-state index in [9.17, 15) is 32.7 Å². The van der Waals surface area contributed by atoms with E-state index >= 15 is 0 Å². The maximum atomic E-state index is 14.0. The van der Waals surface area contributed by atoms with E-state index in [1.54, 1.807) is 9.80 Å². The highest BCUT2D eigenvalue weighted by atomic mass is 35.5. The molecule has 4 aliphatic rings. The van der Waals surface area contributed by atoms with Gasteiger partial charge in [0.15, 0.2) is 0 Å². The largest absolute Gasteiger partial charge is 0.506 e. The number of urea groups is 2. The summed E-state index contributed by atoms with van der Waals surface area (Å²) < 4.78 is 41.2. The Labute approximate surface area is 295 Å². The van der Waals surface area contributed by atoms with Crippen LogP contribution < -0.4 is 10.6 Å². The SMILES string of the molecule is CN1CCC(N2CCN(C(=O)[C@@H](Cc3cc(Cl)c(O)c(C(F)(F)F)c3)NC(=O)N3CCC(N4CCc5ccccc5NC4=O)CC3)CC2)CC1. The Morgan fingerprint density at radius 1 is 0.940 bits per heavy atom. The minimum absolute atomic E-state index is 0.0654. The second-order valence-electron chi connectivity index (χ2n) is 13.8. The van der Waals surface area contributed by atoms with Crippen LogP contribution >= 0.6 is 11.6 Å². The van der Waals surface area contributed by atoms with Gasteiger partial charge in [0.1, 0.15) is 11.8 Å². The number of nitrogens with zero attached hydrogens (tertiary/aromatic N) is 5. The molecular weight excluding hydrogens is 675 g/mol. The molecule has 0 aromatic heterocycles. The predicted octanol–water partition coefficient (Wildman–Crippen LogP) is 4.48. The van der Waals surface area contributed by atoms with Gasteiger partial charge in [-0.15, -0.1) is 0 Å². The molecule has 11 nitrogen and oxygen atoms in total. The van der Waals surface area contributed by atoms with E-state index in [1.165, 1.54) is 6.07 Å². The van der Waals surface area contributed by atoms with Gasteiger partial charge in [0.2, 0.25) is 5.91 Å². The molecule has 2 aromatic rings. The average molecular weight is 720 g/mol. The van der Waals surface area contributed by atoms with E-state index in [2.05, 4.69) is 27.5 Å². The first-order valence-electron chi connectivity index (χ1n) is 17.4. The lowest BCUT2D eigenvalue weighted by Gasteiger charge is -2.43. The number of anilines is 1. The molecule has 50 heavy (non-hydrogen) atoms. The van der Waals surface area contributed by atoms with Gasteiger partial charge in [0, 0.05) is 70.0 Å². The fraction of sp³-hybridized carbons (Fsp3) is 0.571. The van der Waals surface area contributed by atoms with Gasteiger partial charge in [0.25, 0.3) is 0 Å². The number of alkyl halides is 3. The van der Waals surface area contributed by atoms with Gasteiger partial charge < -0.3 is 35.3 Å². The number of piperidine rings is 2. The molecule has 15 heteroatoms. The Bertz CT molecular complexity index is 1560. The van der Waals surface area contributed by atoms with E-state index in [1.807, 2.05) is 29.2 Å². The van der Waals surface area contributed by atoms with Crippen LogP contribution in [0, 0.1) is 0 Å². The van der Waals surface area contributed by atoms with Crippen LogP contribution in [-0.2, 0) is 23.8 Å². The van der Waals surface area contributed by atoms with Crippen LogP contribution in [0.25, 0.3) is 0 Å². The maximum Gasteiger partial charge on any atom is 0.420 e. The van der Waals surface area contributed by atoms with Crippen LogP contribution in [-0.4, -0.2) is 132 Å². The first-order chi connectivity index (χ1) is 23.9. The standard InChI is InChI=1S/C35H45ClF3N7O4/c1-42-11-7-25(8-12-42)43-16-18-44(19-17-43)32(48)30(22-23-20-27(35(37,38)39)31(47)28(36)21-23)41-33(49)45-13-9-26(10-14-45)46-15-6-24-4-2-3-5-29(24)40-34(46)50/h2-5,20-21,25-26,30,47H,6-19,22H2,1H3,(H,40,50)(H,41,49)/t30-/m1/s1. The second kappa shape index (κ2) is 15.2. The third-order valence-electron chi connectivity index (χ3n) is 10.6. The minimum Gasteiger partial charge on any atom is -0.506 e. The Morgan fingerprint density at radius 3 is 2.28 bits per heavy atom. The van der Waals surface area contributed by atoms with Gasteiger partial charge in [-0.05, 0) is 81.6 Å². The summed E-state index contributed by atoms with van der Waals surface area (Å²) in [5.74, 6) is -1.46. The van der Waals surface area contributed by atoms with Gasteiger partial charge in [-0.1, -0.05) is 29.8 Å². The monoisotopic (exact) mass is 719 g/mol. The zero-order valence-corrected chi connectivity index (χ0v) is 29.0. The fourth-order valence-corrected chi connectivity index (χ4v) is 7.91. The number of fused-ring (bicyclic) bond motifs is 1. The topological polar surface area (TPSA) is 112 Å². The van der Waals surface area contributed by atoms with Crippen molar-refractivity contribution in [1.29, 1.82) is 0 Å². The van der Waals surface area contributed by atoms with Crippen LogP contribution in [0.5, 0.6) is 5.75 Å². The molecule has 4 aliphatic heterocycles. The molecule has 0 aliphatic carbocycles. The van der Waals surface area contributed by atoms with Gasteiger partial charge in [-0.3, -0.25) is 9.69 Å². The number of hydrogen-bond donors (Lipinski definition) is 3. The molecule has 6 rings (SSSR count). The first kappa shape index (κ1) is 36.1. The molecule has 3 saturated heterocycles. The number of carbonyl (C=O) groups excluding carboxylic acids is 3. The first-order valence-corrected chi connectivity index (χ1v) is 17.8. The van der Waals surface area contributed by atoms with E-state index < -0.39 is 34.6 Å². The average Bonchev–Trinajstić information content (AvgIpc) is 3.27. The Hall–Kier alpha value is -3.75. The number of carbonyl (C=O) groups is 3. The van der Waals surface area contributed by atoms with Gasteiger partial charge in [-0.2, -0.15) is 13.2 Å². The summed E-state index contributed by atoms with van der Waals surface area (Å²) in [6, 6.07) is 8.21. The summed E-state index contributed by atoms with van der Waals surface area (Å²) in [4.78, 5) is 50.5. The predicted molar refractivity (Wildman–Crippen MR) is 183 cm³/mol. The number of rotatable bonds is 6. The molecule has 3 N–H and O–H groups in total. The van der Waals surface area contributed by atoms with Crippen molar-refractivity contribution in [3.8, 4) is 5.75 Å². The van der Waals surface area contributed by atoms with Crippen molar-refractivity contribution in [2.75, 3.05) is 71.3 Å². The quantitative estimate of drug-likeness (QED) is 0.407. The lowest BCUT2D eigenvalue weighted by Crippen LogP contribution is -2.59. The van der Waals surface area contributed by atoms with Crippen LogP contribution in [0.2, 0.25) is 5.02 Å². The van der Waals surface area contributed by atoms with Gasteiger partial charge >= 0.3 is 18.2 Å². The molecule has 5 amide bonds. The highest BCUT2D eigenvalue weighted by Gasteiger charge is 2.38. The molecule has 1 atom stereocenters. The molecule has 0 unspecified atom stereocenters. The minimum atomic E-state index is -4.87. The number of amides is 5. The number of benzene rings is 2. The molecule has 3 fully saturated rings. The van der Waals surface area contributed by atoms with Crippen molar-refractivity contribution in [3.63, 3.8) is 0 Å². The number of para-hydroxylation sites is 1. The van der Waals surface area contributed by atoms with Gasteiger partial charge in [-0.25, -0.2) is 9.59 Å². The van der Waals surface area contributed by atoms with Gasteiger partial charge in [0.05, 0.1) is 10.6 Å². The van der Waals surface area contributed by atoms with Crippen LogP contribution in [0.3, 0.4) is 0 Å². The van der Waals surface area contributed by atoms with Crippen molar-refractivity contribution in [3.05, 3.63) is 58.1 Å². The number of piperazine rings is 1. The van der Waals surface area contributed by atoms with Crippen molar-refractivity contribution < 1.29 is 32.7 Å². The molecule has 2 aromatic carbocycles. The molecule has 0 radical (unpaired) electrons. The number of phenolic OH excluding ortho intramolecular Hbond substituents is 1. The molecule has 4 heterocycles. The highest BCUT2D eigenvalue weighted by Crippen LogP contribution is 2.40. The number of aromatic hydroxyl groups is 1. The molecule has 0 spiro atoms. The molecule has 0 saturated carbocycles. The summed E-state index contributed by atoms with van der Waals surface area (Å²) in [7, 11) is 2.11. The van der Waals surface area contributed by atoms with E-state index in [-0.39, 0.29) is 30.0 Å². The maximum absolute atomic E-state index is 14.0. The number of nitrogens with one attached hydrogen (secondary N) is 2. The second-order valence-corrected chi connectivity index (χ2v) is 14.2. The summed E-state index contributed by atoms with van der Waals surface area (Å²) >= 11 is 6.01. The Kier molecular flexibility index (Phi) is 11.0. The fourth-order valence-electron chi connectivity index (χ4n) is 7.67. The number of phenols is 1. The Morgan fingerprint density at radius 2 is 1.60 bits per heavy atom. The third-order valence-corrected chi connectivity index (χ3v) is 10.9. The summed E-state index contributed by atoms with van der Waals surface area (Å²) in [5.41, 5.74) is 0.631. The lowest BCUT2D eigenvalue weighted by molar-refractivity contribution is -0.138. The normalized spacial score (nSPS) is 21.0. The van der Waals surface area contributed by atoms with Crippen molar-refractivity contribution in [1.82, 2.24) is 29.8 Å². The van der Waals surface area contributed by atoms with E-state index in [0.29, 0.717) is 71.1 Å². The van der Waals surface area contributed by atoms with Crippen molar-refractivity contribution >= 4 is 35.3 Å². The molecule has 272 valence electrons. The zero-order valence-electron chi connectivity index (χ0n) is 28.2.